The third kappa shape index (κ3) is 4.90. The van der Waals surface area contributed by atoms with E-state index in [0.29, 0.717) is 28.8 Å². The van der Waals surface area contributed by atoms with E-state index in [1.807, 2.05) is 0 Å². The summed E-state index contributed by atoms with van der Waals surface area (Å²) < 4.78 is 33.4. The number of carbonyl (C=O) groups excluding carboxylic acids is 1. The van der Waals surface area contributed by atoms with E-state index in [2.05, 4.69) is 23.9 Å². The Morgan fingerprint density at radius 2 is 1.83 bits per heavy atom. The van der Waals surface area contributed by atoms with Crippen LogP contribution in [0.5, 0.6) is 5.75 Å². The lowest BCUT2D eigenvalue weighted by atomic mass is 9.78. The normalized spacial score (nSPS) is 22.0. The molecule has 6 nitrogen and oxygen atoms in total. The van der Waals surface area contributed by atoms with Crippen LogP contribution in [0.1, 0.15) is 43.5 Å². The Morgan fingerprint density at radius 3 is 2.59 bits per heavy atom. The Morgan fingerprint density at radius 1 is 1.07 bits per heavy atom. The Kier molecular flexibility index (Phi) is 6.47. The predicted molar refractivity (Wildman–Crippen MR) is 114 cm³/mol. The molecule has 1 amide bonds. The van der Waals surface area contributed by atoms with Crippen LogP contribution in [0.4, 0.5) is 5.69 Å². The minimum Gasteiger partial charge on any atom is -0.495 e. The van der Waals surface area contributed by atoms with Gasteiger partial charge in [0.15, 0.2) is 0 Å². The fourth-order valence-electron chi connectivity index (χ4n) is 3.77. The maximum atomic E-state index is 12.8. The minimum absolute atomic E-state index is 0.0288. The standard InChI is InChI=1S/C22H28N2O4S/c1-15-8-6-12-19(16(15)2)23-22(25)17-9-7-10-18(14-17)29(26,27)24-20-11-4-5-13-21(20)28-3/h4-5,7,9-11,13-16,19,24H,6,8,12H2,1-3H3,(H,23,25). The molecule has 1 fully saturated rings. The van der Waals surface area contributed by atoms with E-state index in [4.69, 9.17) is 4.74 Å². The van der Waals surface area contributed by atoms with Gasteiger partial charge in [-0.2, -0.15) is 0 Å². The third-order valence-corrected chi connectivity index (χ3v) is 7.14. The van der Waals surface area contributed by atoms with Crippen LogP contribution in [-0.4, -0.2) is 27.5 Å². The molecule has 1 saturated carbocycles. The molecule has 0 aliphatic heterocycles. The van der Waals surface area contributed by atoms with Gasteiger partial charge in [-0.25, -0.2) is 8.42 Å². The Hall–Kier alpha value is -2.54. The second-order valence-corrected chi connectivity index (χ2v) is 9.36. The highest BCUT2D eigenvalue weighted by Crippen LogP contribution is 2.30. The molecular weight excluding hydrogens is 388 g/mol. The van der Waals surface area contributed by atoms with E-state index >= 15 is 0 Å². The smallest absolute Gasteiger partial charge is 0.262 e. The van der Waals surface area contributed by atoms with E-state index in [9.17, 15) is 13.2 Å². The number of amides is 1. The summed E-state index contributed by atoms with van der Waals surface area (Å²) in [6.07, 6.45) is 3.22. The molecule has 2 aromatic carbocycles. The van der Waals surface area contributed by atoms with Crippen LogP contribution in [0, 0.1) is 11.8 Å². The van der Waals surface area contributed by atoms with Crippen molar-refractivity contribution in [2.45, 2.75) is 44.0 Å². The topological polar surface area (TPSA) is 84.5 Å². The molecule has 1 aliphatic carbocycles. The van der Waals surface area contributed by atoms with Crippen molar-refractivity contribution in [3.63, 3.8) is 0 Å². The number of carbonyl (C=O) groups is 1. The maximum absolute atomic E-state index is 12.8. The molecule has 2 N–H and O–H groups in total. The van der Waals surface area contributed by atoms with Crippen molar-refractivity contribution in [2.75, 3.05) is 11.8 Å². The number of benzene rings is 2. The van der Waals surface area contributed by atoms with Crippen LogP contribution in [0.25, 0.3) is 0 Å². The van der Waals surface area contributed by atoms with E-state index < -0.39 is 10.0 Å². The van der Waals surface area contributed by atoms with Gasteiger partial charge in [0.2, 0.25) is 0 Å². The zero-order valence-electron chi connectivity index (χ0n) is 17.0. The molecule has 29 heavy (non-hydrogen) atoms. The van der Waals surface area contributed by atoms with Crippen molar-refractivity contribution in [3.05, 3.63) is 54.1 Å². The monoisotopic (exact) mass is 416 g/mol. The molecule has 3 unspecified atom stereocenters. The van der Waals surface area contributed by atoms with Crippen molar-refractivity contribution < 1.29 is 17.9 Å². The molecule has 0 radical (unpaired) electrons. The number of ether oxygens (including phenoxy) is 1. The molecule has 1 aliphatic rings. The summed E-state index contributed by atoms with van der Waals surface area (Å²) >= 11 is 0. The Balaban J connectivity index is 1.78. The first kappa shape index (κ1) is 21.2. The number of anilines is 1. The predicted octanol–water partition coefficient (Wildman–Crippen LogP) is 4.05. The molecule has 156 valence electrons. The van der Waals surface area contributed by atoms with Gasteiger partial charge in [0.25, 0.3) is 15.9 Å². The SMILES string of the molecule is COc1ccccc1NS(=O)(=O)c1cccc(C(=O)NC2CCCC(C)C2C)c1. The Bertz CT molecular complexity index is 974. The van der Waals surface area contributed by atoms with Gasteiger partial charge >= 0.3 is 0 Å². The molecule has 3 atom stereocenters. The fraction of sp³-hybridized carbons (Fsp3) is 0.409. The van der Waals surface area contributed by atoms with Crippen LogP contribution in [0.3, 0.4) is 0 Å². The first-order valence-corrected chi connectivity index (χ1v) is 11.4. The third-order valence-electron chi connectivity index (χ3n) is 5.78. The van der Waals surface area contributed by atoms with Crippen molar-refractivity contribution in [3.8, 4) is 5.75 Å². The number of rotatable bonds is 6. The van der Waals surface area contributed by atoms with Crippen molar-refractivity contribution in [1.29, 1.82) is 0 Å². The van der Waals surface area contributed by atoms with Gasteiger partial charge in [-0.1, -0.05) is 44.9 Å². The quantitative estimate of drug-likeness (QED) is 0.744. The number of sulfonamides is 1. The zero-order chi connectivity index (χ0) is 21.0. The van der Waals surface area contributed by atoms with E-state index in [0.717, 1.165) is 12.8 Å². The molecule has 2 aromatic rings. The number of hydrogen-bond acceptors (Lipinski definition) is 4. The highest BCUT2D eigenvalue weighted by Gasteiger charge is 2.28. The average molecular weight is 417 g/mol. The van der Waals surface area contributed by atoms with Gasteiger partial charge in [-0.3, -0.25) is 9.52 Å². The highest BCUT2D eigenvalue weighted by atomic mass is 32.2. The van der Waals surface area contributed by atoms with Crippen LogP contribution < -0.4 is 14.8 Å². The molecular formula is C22H28N2O4S. The van der Waals surface area contributed by atoms with E-state index in [1.165, 1.54) is 25.7 Å². The molecule has 7 heteroatoms. The lowest BCUT2D eigenvalue weighted by Crippen LogP contribution is -2.43. The van der Waals surface area contributed by atoms with Crippen molar-refractivity contribution in [2.24, 2.45) is 11.8 Å². The first-order chi connectivity index (χ1) is 13.8. The summed E-state index contributed by atoms with van der Waals surface area (Å²) in [6, 6.07) is 13.0. The van der Waals surface area contributed by atoms with Gasteiger partial charge < -0.3 is 10.1 Å². The lowest BCUT2D eigenvalue weighted by molar-refractivity contribution is 0.0891. The maximum Gasteiger partial charge on any atom is 0.262 e. The summed E-state index contributed by atoms with van der Waals surface area (Å²) in [5.74, 6) is 1.13. The largest absolute Gasteiger partial charge is 0.495 e. The first-order valence-electron chi connectivity index (χ1n) is 9.88. The lowest BCUT2D eigenvalue weighted by Gasteiger charge is -2.34. The molecule has 0 aromatic heterocycles. The summed E-state index contributed by atoms with van der Waals surface area (Å²) in [6.45, 7) is 4.37. The van der Waals surface area contributed by atoms with Crippen LogP contribution in [0.15, 0.2) is 53.4 Å². The molecule has 0 spiro atoms. The molecule has 0 heterocycles. The van der Waals surface area contributed by atoms with Gasteiger partial charge in [-0.15, -0.1) is 0 Å². The molecule has 0 saturated heterocycles. The number of hydrogen-bond donors (Lipinski definition) is 2. The van der Waals surface area contributed by atoms with Crippen LogP contribution in [-0.2, 0) is 10.0 Å². The summed E-state index contributed by atoms with van der Waals surface area (Å²) in [7, 11) is -2.39. The van der Waals surface area contributed by atoms with Gasteiger partial charge in [0.1, 0.15) is 5.75 Å². The van der Waals surface area contributed by atoms with E-state index in [-0.39, 0.29) is 16.8 Å². The second kappa shape index (κ2) is 8.86. The number of methoxy groups -OCH3 is 1. The Labute approximate surface area is 172 Å². The summed E-state index contributed by atoms with van der Waals surface area (Å²) in [5.41, 5.74) is 0.674. The molecule has 3 rings (SSSR count). The van der Waals surface area contributed by atoms with E-state index in [1.54, 1.807) is 36.4 Å². The summed E-state index contributed by atoms with van der Waals surface area (Å²) in [5, 5.41) is 3.09. The van der Waals surface area contributed by atoms with Crippen molar-refractivity contribution >= 4 is 21.6 Å². The van der Waals surface area contributed by atoms with Crippen LogP contribution in [0.2, 0.25) is 0 Å². The number of para-hydroxylation sites is 2. The summed E-state index contributed by atoms with van der Waals surface area (Å²) in [4.78, 5) is 12.8. The van der Waals surface area contributed by atoms with Gasteiger partial charge in [-0.05, 0) is 48.6 Å². The van der Waals surface area contributed by atoms with Gasteiger partial charge in [0.05, 0.1) is 17.7 Å². The fourth-order valence-corrected chi connectivity index (χ4v) is 4.89. The van der Waals surface area contributed by atoms with Gasteiger partial charge in [0, 0.05) is 11.6 Å². The van der Waals surface area contributed by atoms with Crippen molar-refractivity contribution in [1.82, 2.24) is 5.32 Å². The minimum atomic E-state index is -3.86. The molecule has 0 bridgehead atoms. The highest BCUT2D eigenvalue weighted by molar-refractivity contribution is 7.92. The van der Waals surface area contributed by atoms with Crippen LogP contribution >= 0.6 is 0 Å². The number of nitrogens with one attached hydrogen (secondary N) is 2. The zero-order valence-corrected chi connectivity index (χ0v) is 17.8. The second-order valence-electron chi connectivity index (χ2n) is 7.68. The average Bonchev–Trinajstić information content (AvgIpc) is 2.71.